The fourth-order valence-electron chi connectivity index (χ4n) is 2.48. The van der Waals surface area contributed by atoms with Crippen molar-refractivity contribution in [1.29, 1.82) is 0 Å². The van der Waals surface area contributed by atoms with Gasteiger partial charge in [0.2, 0.25) is 5.91 Å². The number of amides is 1. The first-order valence-corrected chi connectivity index (χ1v) is 7.24. The van der Waals surface area contributed by atoms with E-state index in [1.165, 1.54) is 12.1 Å². The predicted octanol–water partition coefficient (Wildman–Crippen LogP) is 2.61. The number of nitrogens with zero attached hydrogens (tertiary/aromatic N) is 1. The topological polar surface area (TPSA) is 46.3 Å². The highest BCUT2D eigenvalue weighted by Crippen LogP contribution is 2.21. The molecule has 0 radical (unpaired) electrons. The van der Waals surface area contributed by atoms with Crippen LogP contribution in [0.2, 0.25) is 0 Å². The van der Waals surface area contributed by atoms with Crippen molar-refractivity contribution in [1.82, 2.24) is 4.90 Å². The van der Waals surface area contributed by atoms with Crippen molar-refractivity contribution in [3.8, 4) is 0 Å². The quantitative estimate of drug-likeness (QED) is 0.872. The molecule has 1 saturated heterocycles. The van der Waals surface area contributed by atoms with Crippen LogP contribution in [0.1, 0.15) is 37.3 Å². The largest absolute Gasteiger partial charge is 0.389 e. The number of carbonyl (C=O) groups is 1. The number of hydrogen-bond donors (Lipinski definition) is 1. The summed E-state index contributed by atoms with van der Waals surface area (Å²) in [7, 11) is 0. The van der Waals surface area contributed by atoms with Gasteiger partial charge in [0.15, 0.2) is 0 Å². The average Bonchev–Trinajstić information content (AvgIpc) is 2.54. The first-order valence-electron chi connectivity index (χ1n) is 6.83. The lowest BCUT2D eigenvalue weighted by Crippen LogP contribution is -2.31. The van der Waals surface area contributed by atoms with E-state index in [0.717, 1.165) is 12.8 Å². The smallest absolute Gasteiger partial charge is 0.222 e. The molecule has 3 nitrogen and oxygen atoms in total. The third kappa shape index (κ3) is 3.54. The zero-order valence-corrected chi connectivity index (χ0v) is 12.4. The Morgan fingerprint density at radius 1 is 1.50 bits per heavy atom. The lowest BCUT2D eigenvalue weighted by molar-refractivity contribution is -0.131. The molecule has 0 aromatic heterocycles. The highest BCUT2D eigenvalue weighted by Gasteiger charge is 2.21. The number of likely N-dealkylation sites (tertiary alicyclic amines) is 1. The van der Waals surface area contributed by atoms with E-state index < -0.39 is 0 Å². The highest BCUT2D eigenvalue weighted by atomic mass is 32.1. The fraction of sp³-hybridized carbons (Fsp3) is 0.467. The number of carbonyl (C=O) groups excluding carboxylic acids is 1. The summed E-state index contributed by atoms with van der Waals surface area (Å²) < 4.78 is 13.4. The van der Waals surface area contributed by atoms with Crippen LogP contribution >= 0.6 is 12.2 Å². The number of hydrogen-bond acceptors (Lipinski definition) is 2. The molecule has 0 spiro atoms. The summed E-state index contributed by atoms with van der Waals surface area (Å²) >= 11 is 4.99. The van der Waals surface area contributed by atoms with Crippen LogP contribution in [0.25, 0.3) is 0 Å². The Morgan fingerprint density at radius 3 is 2.95 bits per heavy atom. The minimum absolute atomic E-state index is 0.118. The summed E-state index contributed by atoms with van der Waals surface area (Å²) in [5.74, 6) is 0.328. The predicted molar refractivity (Wildman–Crippen MR) is 80.7 cm³/mol. The highest BCUT2D eigenvalue weighted by molar-refractivity contribution is 7.80. The fourth-order valence-corrected chi connectivity index (χ4v) is 2.68. The van der Waals surface area contributed by atoms with E-state index in [0.29, 0.717) is 36.6 Å². The monoisotopic (exact) mass is 294 g/mol. The zero-order valence-electron chi connectivity index (χ0n) is 11.6. The molecule has 1 amide bonds. The van der Waals surface area contributed by atoms with Crippen molar-refractivity contribution in [3.05, 3.63) is 35.1 Å². The zero-order chi connectivity index (χ0) is 14.7. The van der Waals surface area contributed by atoms with Gasteiger partial charge in [0, 0.05) is 25.1 Å². The summed E-state index contributed by atoms with van der Waals surface area (Å²) in [6.07, 6.45) is 2.45. The molecule has 1 aromatic rings. The van der Waals surface area contributed by atoms with Crippen LogP contribution in [0.3, 0.4) is 0 Å². The Morgan fingerprint density at radius 2 is 2.25 bits per heavy atom. The molecule has 0 saturated carbocycles. The maximum Gasteiger partial charge on any atom is 0.222 e. The molecule has 2 N–H and O–H groups in total. The molecular formula is C15H19FN2OS. The van der Waals surface area contributed by atoms with Gasteiger partial charge in [-0.2, -0.15) is 0 Å². The summed E-state index contributed by atoms with van der Waals surface area (Å²) in [4.78, 5) is 14.1. The van der Waals surface area contributed by atoms with Gasteiger partial charge in [0.05, 0.1) is 0 Å². The van der Waals surface area contributed by atoms with Gasteiger partial charge in [-0.05, 0) is 42.5 Å². The SMILES string of the molecule is CC1CCC(=O)N(Cc2cc(F)ccc2C(N)=S)CC1. The van der Waals surface area contributed by atoms with Gasteiger partial charge in [-0.1, -0.05) is 19.1 Å². The molecule has 20 heavy (non-hydrogen) atoms. The Kier molecular flexibility index (Phi) is 4.70. The number of nitrogens with two attached hydrogens (primary N) is 1. The number of thiocarbonyl (C=S) groups is 1. The van der Waals surface area contributed by atoms with Crippen LogP contribution in [-0.2, 0) is 11.3 Å². The van der Waals surface area contributed by atoms with Crippen LogP contribution < -0.4 is 5.73 Å². The standard InChI is InChI=1S/C15H19FN2OS/c1-10-2-5-14(19)18(7-6-10)9-11-8-12(16)3-4-13(11)15(17)20/h3-4,8,10H,2,5-7,9H2,1H3,(H2,17,20). The van der Waals surface area contributed by atoms with Crippen molar-refractivity contribution < 1.29 is 9.18 Å². The van der Waals surface area contributed by atoms with E-state index in [4.69, 9.17) is 18.0 Å². The van der Waals surface area contributed by atoms with Gasteiger partial charge in [0.1, 0.15) is 10.8 Å². The molecular weight excluding hydrogens is 275 g/mol. The number of rotatable bonds is 3. The average molecular weight is 294 g/mol. The molecule has 1 unspecified atom stereocenters. The molecule has 5 heteroatoms. The molecule has 1 aliphatic heterocycles. The maximum absolute atomic E-state index is 13.4. The van der Waals surface area contributed by atoms with E-state index in [2.05, 4.69) is 6.92 Å². The van der Waals surface area contributed by atoms with Crippen LogP contribution in [-0.4, -0.2) is 22.3 Å². The van der Waals surface area contributed by atoms with Crippen molar-refractivity contribution in [2.24, 2.45) is 11.7 Å². The van der Waals surface area contributed by atoms with Gasteiger partial charge < -0.3 is 10.6 Å². The van der Waals surface area contributed by atoms with Crippen LogP contribution in [0.15, 0.2) is 18.2 Å². The van der Waals surface area contributed by atoms with Crippen LogP contribution in [0.4, 0.5) is 4.39 Å². The van der Waals surface area contributed by atoms with E-state index in [1.54, 1.807) is 11.0 Å². The molecule has 1 aromatic carbocycles. The molecule has 0 bridgehead atoms. The maximum atomic E-state index is 13.4. The number of benzene rings is 1. The molecule has 0 aliphatic carbocycles. The molecule has 1 aliphatic rings. The van der Waals surface area contributed by atoms with Crippen LogP contribution in [0.5, 0.6) is 0 Å². The molecule has 2 rings (SSSR count). The van der Waals surface area contributed by atoms with E-state index >= 15 is 0 Å². The molecule has 1 fully saturated rings. The normalized spacial score (nSPS) is 19.8. The Bertz CT molecular complexity index is 533. The van der Waals surface area contributed by atoms with E-state index in [9.17, 15) is 9.18 Å². The first kappa shape index (κ1) is 14.9. The summed E-state index contributed by atoms with van der Waals surface area (Å²) in [6, 6.07) is 4.33. The van der Waals surface area contributed by atoms with Gasteiger partial charge >= 0.3 is 0 Å². The summed E-state index contributed by atoms with van der Waals surface area (Å²) in [5, 5.41) is 0. The van der Waals surface area contributed by atoms with Crippen LogP contribution in [0, 0.1) is 11.7 Å². The second-order valence-corrected chi connectivity index (χ2v) is 5.85. The molecule has 108 valence electrons. The Hall–Kier alpha value is -1.49. The summed E-state index contributed by atoms with van der Waals surface area (Å²) in [6.45, 7) is 3.22. The van der Waals surface area contributed by atoms with Crippen molar-refractivity contribution >= 4 is 23.1 Å². The molecule has 1 atom stereocenters. The second-order valence-electron chi connectivity index (χ2n) is 5.41. The molecule has 1 heterocycles. The minimum atomic E-state index is -0.337. The van der Waals surface area contributed by atoms with E-state index in [1.807, 2.05) is 0 Å². The first-order chi connectivity index (χ1) is 9.47. The Labute approximate surface area is 123 Å². The lowest BCUT2D eigenvalue weighted by Gasteiger charge is -2.22. The second kappa shape index (κ2) is 6.31. The van der Waals surface area contributed by atoms with Crippen molar-refractivity contribution in [2.75, 3.05) is 6.54 Å². The Balaban J connectivity index is 2.22. The van der Waals surface area contributed by atoms with Crippen molar-refractivity contribution in [2.45, 2.75) is 32.7 Å². The lowest BCUT2D eigenvalue weighted by atomic mass is 10.0. The third-order valence-electron chi connectivity index (χ3n) is 3.79. The van der Waals surface area contributed by atoms with Crippen molar-refractivity contribution in [3.63, 3.8) is 0 Å². The van der Waals surface area contributed by atoms with Gasteiger partial charge in [-0.15, -0.1) is 0 Å². The van der Waals surface area contributed by atoms with E-state index in [-0.39, 0.29) is 16.7 Å². The van der Waals surface area contributed by atoms with Gasteiger partial charge in [-0.3, -0.25) is 4.79 Å². The minimum Gasteiger partial charge on any atom is -0.389 e. The third-order valence-corrected chi connectivity index (χ3v) is 4.01. The number of halogens is 1. The summed E-state index contributed by atoms with van der Waals surface area (Å²) in [5.41, 5.74) is 6.99. The van der Waals surface area contributed by atoms with Gasteiger partial charge in [0.25, 0.3) is 0 Å². The van der Waals surface area contributed by atoms with Gasteiger partial charge in [-0.25, -0.2) is 4.39 Å².